The SMILES string of the molecule is CNC(=O)/C(C)=C(/CCC(=O)NCCOCCOC1OC(CO)C(O)C(O)C1NC(C)=O)C(=O)O. The number of aliphatic carboxylic acids is 1. The van der Waals surface area contributed by atoms with Crippen LogP contribution in [0, 0.1) is 0 Å². The van der Waals surface area contributed by atoms with Gasteiger partial charge in [-0.1, -0.05) is 0 Å². The van der Waals surface area contributed by atoms with Crippen LogP contribution in [-0.2, 0) is 33.4 Å². The van der Waals surface area contributed by atoms with Crippen LogP contribution < -0.4 is 16.0 Å². The van der Waals surface area contributed by atoms with Gasteiger partial charge in [-0.15, -0.1) is 0 Å². The van der Waals surface area contributed by atoms with E-state index in [2.05, 4.69) is 16.0 Å². The highest BCUT2D eigenvalue weighted by Gasteiger charge is 2.45. The third kappa shape index (κ3) is 9.87. The molecule has 35 heavy (non-hydrogen) atoms. The maximum absolute atomic E-state index is 11.9. The van der Waals surface area contributed by atoms with Crippen LogP contribution >= 0.6 is 0 Å². The number of hydrogen-bond donors (Lipinski definition) is 7. The van der Waals surface area contributed by atoms with Gasteiger partial charge in [0.2, 0.25) is 17.7 Å². The van der Waals surface area contributed by atoms with Gasteiger partial charge in [0, 0.05) is 38.1 Å². The lowest BCUT2D eigenvalue weighted by atomic mass is 9.97. The number of nitrogens with one attached hydrogen (secondary N) is 3. The van der Waals surface area contributed by atoms with Crippen molar-refractivity contribution in [1.29, 1.82) is 0 Å². The summed E-state index contributed by atoms with van der Waals surface area (Å²) in [5.74, 6) is -2.68. The molecule has 0 aromatic carbocycles. The van der Waals surface area contributed by atoms with E-state index >= 15 is 0 Å². The van der Waals surface area contributed by atoms with E-state index in [1.54, 1.807) is 0 Å². The number of carbonyl (C=O) groups is 4. The summed E-state index contributed by atoms with van der Waals surface area (Å²) in [5, 5.41) is 46.0. The Morgan fingerprint density at radius 3 is 2.26 bits per heavy atom. The van der Waals surface area contributed by atoms with E-state index in [1.165, 1.54) is 20.9 Å². The smallest absolute Gasteiger partial charge is 0.332 e. The fourth-order valence-corrected chi connectivity index (χ4v) is 3.31. The molecule has 0 bridgehead atoms. The van der Waals surface area contributed by atoms with E-state index in [9.17, 15) is 39.6 Å². The average Bonchev–Trinajstić information content (AvgIpc) is 2.81. The van der Waals surface area contributed by atoms with E-state index < -0.39 is 60.9 Å². The lowest BCUT2D eigenvalue weighted by Gasteiger charge is -2.42. The highest BCUT2D eigenvalue weighted by molar-refractivity contribution is 6.01. The molecule has 1 saturated heterocycles. The Morgan fingerprint density at radius 2 is 1.69 bits per heavy atom. The van der Waals surface area contributed by atoms with Gasteiger partial charge in [0.1, 0.15) is 24.4 Å². The minimum Gasteiger partial charge on any atom is -0.478 e. The molecule has 1 aliphatic heterocycles. The van der Waals surface area contributed by atoms with Crippen molar-refractivity contribution in [2.24, 2.45) is 0 Å². The normalized spacial score (nSPS) is 24.8. The van der Waals surface area contributed by atoms with Crippen molar-refractivity contribution in [3.8, 4) is 0 Å². The van der Waals surface area contributed by atoms with E-state index in [0.717, 1.165) is 0 Å². The lowest BCUT2D eigenvalue weighted by molar-refractivity contribution is -0.272. The van der Waals surface area contributed by atoms with Gasteiger partial charge in [0.25, 0.3) is 0 Å². The van der Waals surface area contributed by atoms with Crippen LogP contribution in [0.2, 0.25) is 0 Å². The Balaban J connectivity index is 2.36. The van der Waals surface area contributed by atoms with Crippen molar-refractivity contribution in [3.63, 3.8) is 0 Å². The van der Waals surface area contributed by atoms with Crippen LogP contribution in [-0.4, -0.2) is 115 Å². The summed E-state index contributed by atoms with van der Waals surface area (Å²) in [5.41, 5.74) is -0.109. The van der Waals surface area contributed by atoms with Crippen molar-refractivity contribution < 1.29 is 53.8 Å². The standard InChI is InChI=1S/C21H35N3O11/c1-11(19(30)22-3)13(20(31)32)4-5-15(27)23-6-7-33-8-9-34-21-16(24-12(2)26)18(29)17(28)14(10-25)35-21/h14,16-18,21,25,28-29H,4-10H2,1-3H3,(H,22,30)(H,23,27)(H,24,26)(H,31,32)/b13-11-. The summed E-state index contributed by atoms with van der Waals surface area (Å²) >= 11 is 0. The van der Waals surface area contributed by atoms with Gasteiger partial charge in [0.15, 0.2) is 6.29 Å². The molecule has 1 heterocycles. The second-order valence-corrected chi connectivity index (χ2v) is 7.75. The van der Waals surface area contributed by atoms with Crippen LogP contribution in [0.1, 0.15) is 26.7 Å². The largest absolute Gasteiger partial charge is 0.478 e. The summed E-state index contributed by atoms with van der Waals surface area (Å²) in [4.78, 5) is 46.3. The maximum Gasteiger partial charge on any atom is 0.332 e. The predicted molar refractivity (Wildman–Crippen MR) is 119 cm³/mol. The molecule has 1 fully saturated rings. The Hall–Kier alpha value is -2.62. The van der Waals surface area contributed by atoms with Crippen molar-refractivity contribution in [2.45, 2.75) is 57.3 Å². The molecule has 0 aromatic rings. The third-order valence-corrected chi connectivity index (χ3v) is 5.21. The highest BCUT2D eigenvalue weighted by atomic mass is 16.7. The molecular weight excluding hydrogens is 470 g/mol. The molecular formula is C21H35N3O11. The second-order valence-electron chi connectivity index (χ2n) is 7.75. The molecule has 5 unspecified atom stereocenters. The van der Waals surface area contributed by atoms with Gasteiger partial charge in [-0.2, -0.15) is 0 Å². The van der Waals surface area contributed by atoms with Crippen LogP contribution in [0.25, 0.3) is 0 Å². The molecule has 200 valence electrons. The van der Waals surface area contributed by atoms with Crippen molar-refractivity contribution in [3.05, 3.63) is 11.1 Å². The molecule has 0 saturated carbocycles. The van der Waals surface area contributed by atoms with Crippen LogP contribution in [0.4, 0.5) is 0 Å². The predicted octanol–water partition coefficient (Wildman–Crippen LogP) is -2.99. The number of ether oxygens (including phenoxy) is 3. The highest BCUT2D eigenvalue weighted by Crippen LogP contribution is 2.22. The first-order valence-electron chi connectivity index (χ1n) is 11.0. The van der Waals surface area contributed by atoms with Crippen LogP contribution in [0.15, 0.2) is 11.1 Å². The van der Waals surface area contributed by atoms with Crippen LogP contribution in [0.5, 0.6) is 0 Å². The van der Waals surface area contributed by atoms with Crippen molar-refractivity contribution in [2.75, 3.05) is 40.0 Å². The Kier molecular flexibility index (Phi) is 13.4. The Labute approximate surface area is 202 Å². The zero-order valence-electron chi connectivity index (χ0n) is 20.0. The summed E-state index contributed by atoms with van der Waals surface area (Å²) in [6.07, 6.45) is -5.28. The first-order valence-corrected chi connectivity index (χ1v) is 11.0. The first kappa shape index (κ1) is 30.4. The van der Waals surface area contributed by atoms with Crippen molar-refractivity contribution >= 4 is 23.7 Å². The van der Waals surface area contributed by atoms with Gasteiger partial charge in [-0.05, 0) is 13.3 Å². The molecule has 0 radical (unpaired) electrons. The molecule has 1 aliphatic rings. The van der Waals surface area contributed by atoms with E-state index in [1.807, 2.05) is 0 Å². The van der Waals surface area contributed by atoms with Gasteiger partial charge in [0.05, 0.1) is 26.4 Å². The number of likely N-dealkylation sites (N-methyl/N-ethyl adjacent to an activating group) is 1. The molecule has 0 aromatic heterocycles. The molecule has 1 rings (SSSR count). The molecule has 5 atom stereocenters. The fourth-order valence-electron chi connectivity index (χ4n) is 3.31. The van der Waals surface area contributed by atoms with Gasteiger partial charge < -0.3 is 50.6 Å². The number of rotatable bonds is 14. The molecule has 0 aliphatic carbocycles. The number of carboxylic acid groups (broad SMARTS) is 1. The summed E-state index contributed by atoms with van der Waals surface area (Å²) < 4.78 is 16.2. The molecule has 14 heteroatoms. The third-order valence-electron chi connectivity index (χ3n) is 5.21. The number of aliphatic hydroxyl groups excluding tert-OH is 3. The number of hydrogen-bond acceptors (Lipinski definition) is 10. The van der Waals surface area contributed by atoms with E-state index in [4.69, 9.17) is 14.2 Å². The van der Waals surface area contributed by atoms with E-state index in [-0.39, 0.29) is 50.4 Å². The molecule has 0 spiro atoms. The summed E-state index contributed by atoms with van der Waals surface area (Å²) in [6, 6.07) is -1.05. The summed E-state index contributed by atoms with van der Waals surface area (Å²) in [7, 11) is 1.38. The van der Waals surface area contributed by atoms with Gasteiger partial charge in [-0.3, -0.25) is 14.4 Å². The minimum absolute atomic E-state index is 0.0127. The fraction of sp³-hybridized carbons (Fsp3) is 0.714. The average molecular weight is 506 g/mol. The second kappa shape index (κ2) is 15.4. The minimum atomic E-state index is -1.41. The zero-order chi connectivity index (χ0) is 26.5. The quantitative estimate of drug-likeness (QED) is 0.0933. The molecule has 7 N–H and O–H groups in total. The number of carbonyl (C=O) groups excluding carboxylic acids is 3. The monoisotopic (exact) mass is 505 g/mol. The molecule has 3 amide bonds. The maximum atomic E-state index is 11.9. The van der Waals surface area contributed by atoms with Crippen molar-refractivity contribution in [1.82, 2.24) is 16.0 Å². The Morgan fingerprint density at radius 1 is 1.00 bits per heavy atom. The lowest BCUT2D eigenvalue weighted by Crippen LogP contribution is -2.64. The first-order chi connectivity index (χ1) is 16.5. The number of amides is 3. The Bertz CT molecular complexity index is 774. The van der Waals surface area contributed by atoms with Crippen LogP contribution in [0.3, 0.4) is 0 Å². The molecule has 14 nitrogen and oxygen atoms in total. The summed E-state index contributed by atoms with van der Waals surface area (Å²) in [6.45, 7) is 2.37. The topological polar surface area (TPSA) is 213 Å². The van der Waals surface area contributed by atoms with E-state index in [0.29, 0.717) is 0 Å². The zero-order valence-corrected chi connectivity index (χ0v) is 20.0. The number of carboxylic acids is 1. The van der Waals surface area contributed by atoms with Gasteiger partial charge in [-0.25, -0.2) is 4.79 Å². The van der Waals surface area contributed by atoms with Gasteiger partial charge >= 0.3 is 5.97 Å². The number of aliphatic hydroxyl groups is 3.